The zero-order chi connectivity index (χ0) is 23.8. The number of alkyl halides is 2. The summed E-state index contributed by atoms with van der Waals surface area (Å²) >= 11 is 12.1. The Balaban J connectivity index is 1.41. The van der Waals surface area contributed by atoms with Gasteiger partial charge in [0.15, 0.2) is 5.79 Å². The minimum Gasteiger partial charge on any atom is -0.479 e. The molecule has 7 heteroatoms. The fraction of sp³-hybridized carbons (Fsp3) is 0.731. The van der Waals surface area contributed by atoms with Crippen molar-refractivity contribution in [3.63, 3.8) is 0 Å². The number of ether oxygens (including phenoxy) is 2. The van der Waals surface area contributed by atoms with Gasteiger partial charge in [-0.15, -0.1) is 0 Å². The van der Waals surface area contributed by atoms with Crippen LogP contribution in [0.5, 0.6) is 0 Å². The van der Waals surface area contributed by atoms with Crippen molar-refractivity contribution in [2.45, 2.75) is 74.0 Å². The summed E-state index contributed by atoms with van der Waals surface area (Å²) in [6.07, 6.45) is 8.08. The highest BCUT2D eigenvalue weighted by Gasteiger charge is 2.64. The van der Waals surface area contributed by atoms with E-state index in [1.54, 1.807) is 0 Å². The van der Waals surface area contributed by atoms with Crippen LogP contribution in [0, 0.1) is 29.1 Å². The van der Waals surface area contributed by atoms with Gasteiger partial charge in [0.1, 0.15) is 0 Å². The highest BCUT2D eigenvalue weighted by molar-refractivity contribution is 6.57. The summed E-state index contributed by atoms with van der Waals surface area (Å²) in [5.41, 5.74) is 1.36. The molecule has 182 valence electrons. The van der Waals surface area contributed by atoms with Crippen LogP contribution in [0.25, 0.3) is 0 Å². The van der Waals surface area contributed by atoms with Crippen LogP contribution in [0.2, 0.25) is 0 Å². The number of rotatable bonds is 4. The molecule has 0 radical (unpaired) electrons. The monoisotopic (exact) mass is 496 g/mol. The molecule has 33 heavy (non-hydrogen) atoms. The van der Waals surface area contributed by atoms with Crippen molar-refractivity contribution in [1.82, 2.24) is 0 Å². The predicted molar refractivity (Wildman–Crippen MR) is 127 cm³/mol. The normalized spacial score (nSPS) is 41.8. The van der Waals surface area contributed by atoms with Crippen LogP contribution < -0.4 is 0 Å². The summed E-state index contributed by atoms with van der Waals surface area (Å²) in [6.45, 7) is 12.1. The van der Waals surface area contributed by atoms with Gasteiger partial charge < -0.3 is 19.7 Å². The molecule has 0 aromatic heterocycles. The standard InChI is InChI=1S/C26H34Cl2O5/c1-15-12-23(3)20(7-9-25(23,31)16(2)13-26(27,28)22(29)30)19-5-4-17-14-24(32-10-11-33-24)8-6-18(17)21(15)19/h4,18-21,31H,1-2,5-14H2,3H3,(H,29,30)/t18-,19-,20-,21+,23-,25+/m0/s1. The summed E-state index contributed by atoms with van der Waals surface area (Å²) < 4.78 is 9.99. The molecular formula is C26H34Cl2O5. The fourth-order valence-electron chi connectivity index (χ4n) is 8.10. The van der Waals surface area contributed by atoms with Crippen LogP contribution >= 0.6 is 23.2 Å². The van der Waals surface area contributed by atoms with Crippen molar-refractivity contribution in [3.8, 4) is 0 Å². The van der Waals surface area contributed by atoms with E-state index in [9.17, 15) is 15.0 Å². The number of carboxylic acids is 1. The van der Waals surface area contributed by atoms with E-state index in [1.807, 2.05) is 0 Å². The molecule has 5 aliphatic rings. The number of hydrogen-bond acceptors (Lipinski definition) is 4. The number of fused-ring (bicyclic) bond motifs is 5. The lowest BCUT2D eigenvalue weighted by Gasteiger charge is -2.57. The summed E-state index contributed by atoms with van der Waals surface area (Å²) in [6, 6.07) is 0. The molecule has 0 amide bonds. The average molecular weight is 497 g/mol. The molecule has 4 aliphatic carbocycles. The van der Waals surface area contributed by atoms with Crippen molar-refractivity contribution < 1.29 is 24.5 Å². The van der Waals surface area contributed by atoms with Crippen LogP contribution in [-0.2, 0) is 14.3 Å². The predicted octanol–water partition coefficient (Wildman–Crippen LogP) is 5.40. The molecule has 2 N–H and O–H groups in total. The molecule has 1 heterocycles. The number of carbonyl (C=O) groups is 1. The van der Waals surface area contributed by atoms with E-state index in [-0.39, 0.29) is 6.42 Å². The summed E-state index contributed by atoms with van der Waals surface area (Å²) in [5.74, 6) is -0.184. The van der Waals surface area contributed by atoms with Crippen molar-refractivity contribution >= 4 is 29.2 Å². The minimum atomic E-state index is -2.00. The maximum Gasteiger partial charge on any atom is 0.340 e. The molecule has 5 rings (SSSR count). The molecule has 1 spiro atoms. The Morgan fingerprint density at radius 3 is 2.61 bits per heavy atom. The zero-order valence-corrected chi connectivity index (χ0v) is 20.8. The lowest BCUT2D eigenvalue weighted by molar-refractivity contribution is -0.175. The second-order valence-corrected chi connectivity index (χ2v) is 12.7. The molecule has 3 saturated carbocycles. The van der Waals surface area contributed by atoms with E-state index in [0.29, 0.717) is 55.3 Å². The molecule has 4 fully saturated rings. The molecular weight excluding hydrogens is 463 g/mol. The molecule has 0 aromatic rings. The molecule has 0 bridgehead atoms. The first kappa shape index (κ1) is 23.9. The lowest BCUT2D eigenvalue weighted by Crippen LogP contribution is -2.54. The first-order valence-electron chi connectivity index (χ1n) is 12.1. The number of halogens is 2. The number of carboxylic acid groups (broad SMARTS) is 1. The Morgan fingerprint density at radius 1 is 1.24 bits per heavy atom. The van der Waals surface area contributed by atoms with Crippen LogP contribution in [0.15, 0.2) is 36.0 Å². The largest absolute Gasteiger partial charge is 0.479 e. The summed E-state index contributed by atoms with van der Waals surface area (Å²) in [5, 5.41) is 21.3. The first-order valence-corrected chi connectivity index (χ1v) is 12.8. The van der Waals surface area contributed by atoms with Crippen LogP contribution in [0.4, 0.5) is 0 Å². The Labute approximate surface area is 205 Å². The van der Waals surface area contributed by atoms with Gasteiger partial charge in [-0.2, -0.15) is 0 Å². The van der Waals surface area contributed by atoms with E-state index < -0.39 is 27.1 Å². The number of hydrogen-bond donors (Lipinski definition) is 2. The molecule has 6 atom stereocenters. The van der Waals surface area contributed by atoms with Gasteiger partial charge in [-0.3, -0.25) is 0 Å². The van der Waals surface area contributed by atoms with Gasteiger partial charge >= 0.3 is 5.97 Å². The second kappa shape index (κ2) is 7.83. The third kappa shape index (κ3) is 3.48. The Morgan fingerprint density at radius 2 is 1.94 bits per heavy atom. The highest BCUT2D eigenvalue weighted by Crippen LogP contribution is 2.67. The van der Waals surface area contributed by atoms with E-state index in [1.165, 1.54) is 11.1 Å². The van der Waals surface area contributed by atoms with E-state index in [2.05, 4.69) is 26.2 Å². The fourth-order valence-corrected chi connectivity index (χ4v) is 8.42. The van der Waals surface area contributed by atoms with E-state index >= 15 is 0 Å². The molecule has 1 aliphatic heterocycles. The third-order valence-corrected chi connectivity index (χ3v) is 10.2. The number of aliphatic carboxylic acids is 1. The molecule has 5 nitrogen and oxygen atoms in total. The van der Waals surface area contributed by atoms with Gasteiger partial charge in [0.05, 0.1) is 18.8 Å². The van der Waals surface area contributed by atoms with Crippen molar-refractivity contribution in [1.29, 1.82) is 0 Å². The Hall–Kier alpha value is -0.850. The van der Waals surface area contributed by atoms with Crippen LogP contribution in [0.1, 0.15) is 58.3 Å². The second-order valence-electron chi connectivity index (χ2n) is 11.2. The molecule has 1 saturated heterocycles. The number of aliphatic hydroxyl groups is 1. The third-order valence-electron chi connectivity index (χ3n) is 9.64. The van der Waals surface area contributed by atoms with Crippen molar-refractivity contribution in [2.24, 2.45) is 29.1 Å². The van der Waals surface area contributed by atoms with Gasteiger partial charge in [-0.05, 0) is 61.3 Å². The number of allylic oxidation sites excluding steroid dienone is 2. The van der Waals surface area contributed by atoms with Gasteiger partial charge in [-0.25, -0.2) is 4.79 Å². The lowest BCUT2D eigenvalue weighted by atomic mass is 9.49. The zero-order valence-electron chi connectivity index (χ0n) is 19.2. The maximum absolute atomic E-state index is 11.9. The summed E-state index contributed by atoms with van der Waals surface area (Å²) in [7, 11) is 0. The first-order chi connectivity index (χ1) is 15.4. The van der Waals surface area contributed by atoms with Gasteiger partial charge in [0, 0.05) is 24.7 Å². The van der Waals surface area contributed by atoms with E-state index in [0.717, 1.165) is 32.1 Å². The summed E-state index contributed by atoms with van der Waals surface area (Å²) in [4.78, 5) is 11.5. The van der Waals surface area contributed by atoms with Crippen molar-refractivity contribution in [3.05, 3.63) is 36.0 Å². The molecule has 0 aromatic carbocycles. The van der Waals surface area contributed by atoms with Crippen LogP contribution in [-0.4, -0.2) is 45.1 Å². The Kier molecular flexibility index (Phi) is 5.66. The minimum absolute atomic E-state index is 0.181. The van der Waals surface area contributed by atoms with Gasteiger partial charge in [0.25, 0.3) is 0 Å². The topological polar surface area (TPSA) is 76.0 Å². The smallest absolute Gasteiger partial charge is 0.340 e. The highest BCUT2D eigenvalue weighted by atomic mass is 35.5. The van der Waals surface area contributed by atoms with Gasteiger partial charge in [-0.1, -0.05) is 60.5 Å². The average Bonchev–Trinajstić information content (AvgIpc) is 3.30. The molecule has 0 unspecified atom stereocenters. The Bertz CT molecular complexity index is 920. The maximum atomic E-state index is 11.9. The van der Waals surface area contributed by atoms with Crippen LogP contribution in [0.3, 0.4) is 0 Å². The van der Waals surface area contributed by atoms with Gasteiger partial charge in [0.2, 0.25) is 4.33 Å². The van der Waals surface area contributed by atoms with Crippen molar-refractivity contribution in [2.75, 3.05) is 13.2 Å². The van der Waals surface area contributed by atoms with E-state index in [4.69, 9.17) is 32.7 Å². The SMILES string of the molecule is C=C1C[C@@]2(C)[C@@H](CC[C@@]2(O)C(=C)CC(Cl)(Cl)C(=O)O)[C@@H]2CC=C3CC4(CC[C@@H]3[C@@H]12)OCCO4. The quantitative estimate of drug-likeness (QED) is 0.402.